The number of piperidine rings is 1. The number of aliphatic carboxylic acids is 1. The Kier molecular flexibility index (Phi) is 6.17. The molecular weight excluding hydrogens is 306 g/mol. The average molecular weight is 333 g/mol. The van der Waals surface area contributed by atoms with E-state index in [2.05, 4.69) is 23.7 Å². The Balaban J connectivity index is 2.13. The highest BCUT2D eigenvalue weighted by Crippen LogP contribution is 2.25. The minimum Gasteiger partial charge on any atom is -0.481 e. The standard InChI is InChI=1S/C18H27N3O3/c1-4-10-20(5-2)16-9-8-14(12-19-16)17(22)21-11-6-7-15(13(21)3)18(23)24/h8-9,12-13,15H,4-7,10-11H2,1-3H3,(H,23,24)/t13-,15-/m0/s1. The minimum atomic E-state index is -0.827. The van der Waals surface area contributed by atoms with Crippen LogP contribution in [0.5, 0.6) is 0 Å². The van der Waals surface area contributed by atoms with Gasteiger partial charge in [0.1, 0.15) is 5.82 Å². The van der Waals surface area contributed by atoms with Gasteiger partial charge in [0.25, 0.3) is 5.91 Å². The maximum absolute atomic E-state index is 12.7. The van der Waals surface area contributed by atoms with E-state index in [1.165, 1.54) is 0 Å². The lowest BCUT2D eigenvalue weighted by Crippen LogP contribution is -2.49. The summed E-state index contributed by atoms with van der Waals surface area (Å²) >= 11 is 0. The number of carboxylic acids is 1. The first-order valence-corrected chi connectivity index (χ1v) is 8.74. The van der Waals surface area contributed by atoms with Crippen LogP contribution in [-0.4, -0.2) is 52.5 Å². The molecule has 1 aromatic heterocycles. The van der Waals surface area contributed by atoms with Crippen LogP contribution in [0.4, 0.5) is 5.82 Å². The van der Waals surface area contributed by atoms with E-state index in [9.17, 15) is 14.7 Å². The number of carboxylic acid groups (broad SMARTS) is 1. The van der Waals surface area contributed by atoms with Crippen molar-refractivity contribution in [3.05, 3.63) is 23.9 Å². The van der Waals surface area contributed by atoms with Crippen LogP contribution in [0.25, 0.3) is 0 Å². The smallest absolute Gasteiger partial charge is 0.308 e. The number of hydrogen-bond donors (Lipinski definition) is 1. The first kappa shape index (κ1) is 18.2. The summed E-state index contributed by atoms with van der Waals surface area (Å²) in [5, 5.41) is 9.30. The Hall–Kier alpha value is -2.11. The molecule has 1 amide bonds. The monoisotopic (exact) mass is 333 g/mol. The van der Waals surface area contributed by atoms with Gasteiger partial charge in [-0.25, -0.2) is 4.98 Å². The van der Waals surface area contributed by atoms with Crippen molar-refractivity contribution in [3.63, 3.8) is 0 Å². The third-order valence-corrected chi connectivity index (χ3v) is 4.76. The third-order valence-electron chi connectivity index (χ3n) is 4.76. The van der Waals surface area contributed by atoms with Gasteiger partial charge in [0.05, 0.1) is 11.5 Å². The van der Waals surface area contributed by atoms with Crippen molar-refractivity contribution in [3.8, 4) is 0 Å². The fourth-order valence-electron chi connectivity index (χ4n) is 3.33. The summed E-state index contributed by atoms with van der Waals surface area (Å²) in [5.74, 6) is -0.584. The zero-order chi connectivity index (χ0) is 17.7. The lowest BCUT2D eigenvalue weighted by molar-refractivity contribution is -0.144. The molecule has 6 heteroatoms. The van der Waals surface area contributed by atoms with Crippen LogP contribution in [0.1, 0.15) is 50.4 Å². The maximum atomic E-state index is 12.7. The summed E-state index contributed by atoms with van der Waals surface area (Å²) in [4.78, 5) is 32.3. The van der Waals surface area contributed by atoms with Crippen LogP contribution in [0.15, 0.2) is 18.3 Å². The summed E-state index contributed by atoms with van der Waals surface area (Å²) < 4.78 is 0. The van der Waals surface area contributed by atoms with Gasteiger partial charge >= 0.3 is 5.97 Å². The number of pyridine rings is 1. The molecule has 0 unspecified atom stereocenters. The molecule has 1 fully saturated rings. The van der Waals surface area contributed by atoms with E-state index in [1.54, 1.807) is 17.2 Å². The molecule has 2 rings (SSSR count). The van der Waals surface area contributed by atoms with Crippen molar-refractivity contribution < 1.29 is 14.7 Å². The SMILES string of the molecule is CCCN(CC)c1ccc(C(=O)N2CCC[C@H](C(=O)O)[C@@H]2C)cn1. The second-order valence-corrected chi connectivity index (χ2v) is 6.31. The molecule has 1 aromatic rings. The molecule has 24 heavy (non-hydrogen) atoms. The summed E-state index contributed by atoms with van der Waals surface area (Å²) in [5.41, 5.74) is 0.518. The van der Waals surface area contributed by atoms with Crippen molar-refractivity contribution in [2.45, 2.75) is 46.1 Å². The number of anilines is 1. The number of likely N-dealkylation sites (tertiary alicyclic amines) is 1. The number of hydrogen-bond acceptors (Lipinski definition) is 4. The van der Waals surface area contributed by atoms with E-state index in [4.69, 9.17) is 0 Å². The molecule has 0 spiro atoms. The lowest BCUT2D eigenvalue weighted by Gasteiger charge is -2.37. The second-order valence-electron chi connectivity index (χ2n) is 6.31. The van der Waals surface area contributed by atoms with Gasteiger partial charge in [-0.05, 0) is 45.2 Å². The molecular formula is C18H27N3O3. The topological polar surface area (TPSA) is 73.7 Å². The van der Waals surface area contributed by atoms with Gasteiger partial charge in [-0.15, -0.1) is 0 Å². The van der Waals surface area contributed by atoms with Crippen molar-refractivity contribution in [2.75, 3.05) is 24.5 Å². The first-order chi connectivity index (χ1) is 11.5. The summed E-state index contributed by atoms with van der Waals surface area (Å²) in [6.07, 6.45) is 3.99. The number of amides is 1. The fraction of sp³-hybridized carbons (Fsp3) is 0.611. The summed E-state index contributed by atoms with van der Waals surface area (Å²) in [6.45, 7) is 8.42. The van der Waals surface area contributed by atoms with Gasteiger partial charge in [0.15, 0.2) is 0 Å². The number of carbonyl (C=O) groups excluding carboxylic acids is 1. The van der Waals surface area contributed by atoms with Gasteiger partial charge in [0, 0.05) is 31.9 Å². The van der Waals surface area contributed by atoms with Crippen LogP contribution in [0.2, 0.25) is 0 Å². The number of nitrogens with zero attached hydrogens (tertiary/aromatic N) is 3. The van der Waals surface area contributed by atoms with Crippen molar-refractivity contribution in [1.29, 1.82) is 0 Å². The molecule has 0 radical (unpaired) electrons. The molecule has 0 aliphatic carbocycles. The molecule has 0 bridgehead atoms. The molecule has 2 heterocycles. The molecule has 1 aliphatic heterocycles. The van der Waals surface area contributed by atoms with Crippen LogP contribution < -0.4 is 4.90 Å². The molecule has 0 aromatic carbocycles. The summed E-state index contributed by atoms with van der Waals surface area (Å²) in [6, 6.07) is 3.37. The number of rotatable bonds is 6. The molecule has 1 N–H and O–H groups in total. The predicted octanol–water partition coefficient (Wildman–Crippen LogP) is 2.64. The fourth-order valence-corrected chi connectivity index (χ4v) is 3.33. The van der Waals surface area contributed by atoms with E-state index in [0.29, 0.717) is 18.5 Å². The van der Waals surface area contributed by atoms with Gasteiger partial charge in [0.2, 0.25) is 0 Å². The van der Waals surface area contributed by atoms with E-state index in [0.717, 1.165) is 31.7 Å². The van der Waals surface area contributed by atoms with Crippen LogP contribution in [-0.2, 0) is 4.79 Å². The van der Waals surface area contributed by atoms with Gasteiger partial charge in [-0.2, -0.15) is 0 Å². The molecule has 0 saturated carbocycles. The number of aromatic nitrogens is 1. The van der Waals surface area contributed by atoms with Gasteiger partial charge in [-0.3, -0.25) is 9.59 Å². The Bertz CT molecular complexity index is 573. The van der Waals surface area contributed by atoms with Crippen molar-refractivity contribution in [2.24, 2.45) is 5.92 Å². The van der Waals surface area contributed by atoms with Crippen molar-refractivity contribution >= 4 is 17.7 Å². The second kappa shape index (κ2) is 8.13. The molecule has 1 saturated heterocycles. The highest BCUT2D eigenvalue weighted by molar-refractivity contribution is 5.94. The largest absolute Gasteiger partial charge is 0.481 e. The van der Waals surface area contributed by atoms with E-state index in [1.807, 2.05) is 13.0 Å². The molecule has 2 atom stereocenters. The minimum absolute atomic E-state index is 0.133. The Labute approximate surface area is 143 Å². The zero-order valence-electron chi connectivity index (χ0n) is 14.7. The maximum Gasteiger partial charge on any atom is 0.308 e. The first-order valence-electron chi connectivity index (χ1n) is 8.74. The van der Waals surface area contributed by atoms with Crippen molar-refractivity contribution in [1.82, 2.24) is 9.88 Å². The van der Waals surface area contributed by atoms with Crippen LogP contribution in [0, 0.1) is 5.92 Å². The lowest BCUT2D eigenvalue weighted by atomic mass is 9.90. The van der Waals surface area contributed by atoms with Crippen LogP contribution >= 0.6 is 0 Å². The molecule has 1 aliphatic rings. The Morgan fingerprint density at radius 3 is 2.67 bits per heavy atom. The quantitative estimate of drug-likeness (QED) is 0.866. The third kappa shape index (κ3) is 3.86. The Morgan fingerprint density at radius 2 is 2.12 bits per heavy atom. The van der Waals surface area contributed by atoms with Gasteiger partial charge < -0.3 is 14.9 Å². The molecule has 132 valence electrons. The average Bonchev–Trinajstić information content (AvgIpc) is 2.59. The number of carbonyl (C=O) groups is 2. The van der Waals surface area contributed by atoms with E-state index in [-0.39, 0.29) is 11.9 Å². The predicted molar refractivity (Wildman–Crippen MR) is 93.3 cm³/mol. The van der Waals surface area contributed by atoms with E-state index >= 15 is 0 Å². The highest BCUT2D eigenvalue weighted by Gasteiger charge is 2.35. The summed E-state index contributed by atoms with van der Waals surface area (Å²) in [7, 11) is 0. The Morgan fingerprint density at radius 1 is 1.38 bits per heavy atom. The van der Waals surface area contributed by atoms with Gasteiger partial charge in [-0.1, -0.05) is 6.92 Å². The zero-order valence-corrected chi connectivity index (χ0v) is 14.7. The van der Waals surface area contributed by atoms with Crippen LogP contribution in [0.3, 0.4) is 0 Å². The molecule has 6 nitrogen and oxygen atoms in total. The highest BCUT2D eigenvalue weighted by atomic mass is 16.4. The normalized spacial score (nSPS) is 20.7. The van der Waals surface area contributed by atoms with E-state index < -0.39 is 11.9 Å².